The first-order valence-corrected chi connectivity index (χ1v) is 12.1. The number of amides is 2. The van der Waals surface area contributed by atoms with E-state index in [1.807, 2.05) is 39.0 Å². The zero-order valence-corrected chi connectivity index (χ0v) is 21.8. The van der Waals surface area contributed by atoms with E-state index in [4.69, 9.17) is 4.52 Å². The smallest absolute Gasteiger partial charge is 0.274 e. The monoisotopic (exact) mass is 511 g/mol. The van der Waals surface area contributed by atoms with Gasteiger partial charge in [0.25, 0.3) is 5.91 Å². The molecular weight excluding hydrogens is 478 g/mol. The summed E-state index contributed by atoms with van der Waals surface area (Å²) in [4.78, 5) is 29.3. The molecule has 1 aromatic carbocycles. The molecular formula is C27H34ClN5O3. The molecule has 36 heavy (non-hydrogen) atoms. The first-order chi connectivity index (χ1) is 16.8. The summed E-state index contributed by atoms with van der Waals surface area (Å²) in [5.74, 6) is 1.33. The second kappa shape index (κ2) is 12.1. The standard InChI is InChI=1S/C27H33N5O3.ClH/c1-27(2,3)23-16-24(32-35-23)31-25(33)15-18-4-7-21(8-5-18)30-26(34)22-9-6-20(17-29-22)14-19-10-12-28-13-11-19;/h4-9,16-17,19,28H,10-15H2,1-3H3,(H,30,34)(H,31,32,33);1H. The predicted octanol–water partition coefficient (Wildman–Crippen LogP) is 4.76. The maximum Gasteiger partial charge on any atom is 0.274 e. The molecule has 3 heterocycles. The van der Waals surface area contributed by atoms with Gasteiger partial charge in [0.2, 0.25) is 5.91 Å². The fraction of sp³-hybridized carbons (Fsp3) is 0.407. The van der Waals surface area contributed by atoms with Crippen molar-refractivity contribution in [3.8, 4) is 0 Å². The fourth-order valence-corrected chi connectivity index (χ4v) is 4.06. The molecule has 3 aromatic rings. The van der Waals surface area contributed by atoms with E-state index in [9.17, 15) is 9.59 Å². The van der Waals surface area contributed by atoms with Gasteiger partial charge < -0.3 is 20.5 Å². The summed E-state index contributed by atoms with van der Waals surface area (Å²) >= 11 is 0. The Bertz CT molecular complexity index is 1150. The minimum absolute atomic E-state index is 0. The Balaban J connectivity index is 0.00000361. The van der Waals surface area contributed by atoms with Crippen LogP contribution in [0.1, 0.15) is 61.0 Å². The van der Waals surface area contributed by atoms with E-state index < -0.39 is 0 Å². The molecule has 1 aliphatic heterocycles. The molecule has 0 atom stereocenters. The predicted molar refractivity (Wildman–Crippen MR) is 143 cm³/mol. The topological polar surface area (TPSA) is 109 Å². The maximum absolute atomic E-state index is 12.6. The first kappa shape index (κ1) is 27.4. The van der Waals surface area contributed by atoms with Gasteiger partial charge in [-0.1, -0.05) is 44.1 Å². The zero-order valence-electron chi connectivity index (χ0n) is 21.0. The summed E-state index contributed by atoms with van der Waals surface area (Å²) in [7, 11) is 0. The summed E-state index contributed by atoms with van der Waals surface area (Å²) in [6.07, 6.45) is 5.35. The Morgan fingerprint density at radius 1 is 1.03 bits per heavy atom. The van der Waals surface area contributed by atoms with Gasteiger partial charge in [-0.15, -0.1) is 12.4 Å². The number of hydrogen-bond donors (Lipinski definition) is 3. The van der Waals surface area contributed by atoms with Crippen molar-refractivity contribution in [2.45, 2.75) is 51.9 Å². The molecule has 192 valence electrons. The molecule has 1 saturated heterocycles. The van der Waals surface area contributed by atoms with Crippen molar-refractivity contribution in [2.24, 2.45) is 5.92 Å². The molecule has 1 fully saturated rings. The van der Waals surface area contributed by atoms with Crippen LogP contribution in [0.2, 0.25) is 0 Å². The van der Waals surface area contributed by atoms with Crippen LogP contribution in [0.5, 0.6) is 0 Å². The van der Waals surface area contributed by atoms with Crippen molar-refractivity contribution in [2.75, 3.05) is 23.7 Å². The molecule has 3 N–H and O–H groups in total. The van der Waals surface area contributed by atoms with Gasteiger partial charge in [0.05, 0.1) is 6.42 Å². The molecule has 2 amide bonds. The van der Waals surface area contributed by atoms with Crippen molar-refractivity contribution in [1.82, 2.24) is 15.5 Å². The third kappa shape index (κ3) is 7.63. The number of carbonyl (C=O) groups excluding carboxylic acids is 2. The average molecular weight is 512 g/mol. The van der Waals surface area contributed by atoms with Gasteiger partial charge in [-0.25, -0.2) is 0 Å². The van der Waals surface area contributed by atoms with E-state index >= 15 is 0 Å². The number of carbonyl (C=O) groups is 2. The lowest BCUT2D eigenvalue weighted by molar-refractivity contribution is -0.115. The Labute approximate surface area is 218 Å². The highest BCUT2D eigenvalue weighted by Crippen LogP contribution is 2.24. The van der Waals surface area contributed by atoms with Crippen LogP contribution in [0, 0.1) is 5.92 Å². The number of nitrogens with zero attached hydrogens (tertiary/aromatic N) is 2. The van der Waals surface area contributed by atoms with E-state index in [1.54, 1.807) is 30.5 Å². The summed E-state index contributed by atoms with van der Waals surface area (Å²) in [6.45, 7) is 8.19. The van der Waals surface area contributed by atoms with Crippen LogP contribution in [0.3, 0.4) is 0 Å². The summed E-state index contributed by atoms with van der Waals surface area (Å²) in [6, 6.07) is 12.7. The molecule has 0 radical (unpaired) electrons. The largest absolute Gasteiger partial charge is 0.359 e. The SMILES string of the molecule is CC(C)(C)c1cc(NC(=O)Cc2ccc(NC(=O)c3ccc(CC4CCNCC4)cn3)cc2)no1.Cl. The summed E-state index contributed by atoms with van der Waals surface area (Å²) in [5, 5.41) is 12.9. The highest BCUT2D eigenvalue weighted by atomic mass is 35.5. The van der Waals surface area contributed by atoms with E-state index in [-0.39, 0.29) is 36.1 Å². The highest BCUT2D eigenvalue weighted by Gasteiger charge is 2.20. The van der Waals surface area contributed by atoms with Crippen LogP contribution in [0.25, 0.3) is 0 Å². The Kier molecular flexibility index (Phi) is 9.23. The number of nitrogens with one attached hydrogen (secondary N) is 3. The minimum Gasteiger partial charge on any atom is -0.359 e. The number of rotatable bonds is 7. The van der Waals surface area contributed by atoms with Gasteiger partial charge in [-0.3, -0.25) is 14.6 Å². The van der Waals surface area contributed by atoms with Crippen LogP contribution in [-0.2, 0) is 23.1 Å². The highest BCUT2D eigenvalue weighted by molar-refractivity contribution is 6.02. The third-order valence-corrected chi connectivity index (χ3v) is 6.13. The fourth-order valence-electron chi connectivity index (χ4n) is 4.06. The van der Waals surface area contributed by atoms with Crippen molar-refractivity contribution < 1.29 is 14.1 Å². The van der Waals surface area contributed by atoms with Crippen LogP contribution in [-0.4, -0.2) is 35.0 Å². The molecule has 1 aliphatic rings. The zero-order chi connectivity index (χ0) is 24.8. The third-order valence-electron chi connectivity index (χ3n) is 6.13. The van der Waals surface area contributed by atoms with Gasteiger partial charge in [0.1, 0.15) is 11.5 Å². The Morgan fingerprint density at radius 2 is 1.72 bits per heavy atom. The van der Waals surface area contributed by atoms with Crippen molar-refractivity contribution in [1.29, 1.82) is 0 Å². The van der Waals surface area contributed by atoms with Gasteiger partial charge >= 0.3 is 0 Å². The second-order valence-electron chi connectivity index (χ2n) is 10.2. The molecule has 0 bridgehead atoms. The lowest BCUT2D eigenvalue weighted by Gasteiger charge is -2.22. The number of piperidine rings is 1. The Morgan fingerprint density at radius 3 is 2.33 bits per heavy atom. The van der Waals surface area contributed by atoms with E-state index in [0.717, 1.165) is 30.6 Å². The lowest BCUT2D eigenvalue weighted by atomic mass is 9.91. The molecule has 9 heteroatoms. The minimum atomic E-state index is -0.260. The second-order valence-corrected chi connectivity index (χ2v) is 10.2. The molecule has 0 saturated carbocycles. The van der Waals surface area contributed by atoms with E-state index in [2.05, 4.69) is 26.1 Å². The van der Waals surface area contributed by atoms with Crippen LogP contribution in [0.15, 0.2) is 53.2 Å². The molecule has 4 rings (SSSR count). The van der Waals surface area contributed by atoms with Crippen molar-refractivity contribution >= 4 is 35.7 Å². The Hall–Kier alpha value is -3.23. The quantitative estimate of drug-likeness (QED) is 0.422. The molecule has 0 aliphatic carbocycles. The number of aromatic nitrogens is 2. The number of anilines is 2. The van der Waals surface area contributed by atoms with Gasteiger partial charge in [-0.2, -0.15) is 0 Å². The van der Waals surface area contributed by atoms with Crippen molar-refractivity contribution in [3.05, 3.63) is 71.2 Å². The van der Waals surface area contributed by atoms with Crippen LogP contribution < -0.4 is 16.0 Å². The number of halogens is 1. The van der Waals surface area contributed by atoms with Crippen LogP contribution >= 0.6 is 12.4 Å². The molecule has 2 aromatic heterocycles. The van der Waals surface area contributed by atoms with Crippen molar-refractivity contribution in [3.63, 3.8) is 0 Å². The average Bonchev–Trinajstić information content (AvgIpc) is 3.30. The first-order valence-electron chi connectivity index (χ1n) is 12.1. The lowest BCUT2D eigenvalue weighted by Crippen LogP contribution is -2.28. The van der Waals surface area contributed by atoms with Gasteiger partial charge in [0, 0.05) is 23.4 Å². The van der Waals surface area contributed by atoms with Crippen LogP contribution in [0.4, 0.5) is 11.5 Å². The number of hydrogen-bond acceptors (Lipinski definition) is 6. The number of pyridine rings is 1. The summed E-state index contributed by atoms with van der Waals surface area (Å²) in [5.41, 5.74) is 2.83. The summed E-state index contributed by atoms with van der Waals surface area (Å²) < 4.78 is 5.30. The maximum atomic E-state index is 12.6. The van der Waals surface area contributed by atoms with E-state index in [0.29, 0.717) is 28.9 Å². The molecule has 8 nitrogen and oxygen atoms in total. The molecule has 0 unspecified atom stereocenters. The number of benzene rings is 1. The normalized spacial score (nSPS) is 14.1. The van der Waals surface area contributed by atoms with Gasteiger partial charge in [-0.05, 0) is 67.6 Å². The van der Waals surface area contributed by atoms with Gasteiger partial charge in [0.15, 0.2) is 5.82 Å². The molecule has 0 spiro atoms. The van der Waals surface area contributed by atoms with E-state index in [1.165, 1.54) is 12.8 Å².